The van der Waals surface area contributed by atoms with Crippen LogP contribution in [0.3, 0.4) is 0 Å². The van der Waals surface area contributed by atoms with Crippen LogP contribution in [0.4, 0.5) is 0 Å². The highest BCUT2D eigenvalue weighted by Gasteiger charge is 2.12. The number of pyridine rings is 1. The van der Waals surface area contributed by atoms with Gasteiger partial charge in [0.25, 0.3) is 5.91 Å². The van der Waals surface area contributed by atoms with Gasteiger partial charge in [-0.25, -0.2) is 4.98 Å². The molecule has 5 heteroatoms. The van der Waals surface area contributed by atoms with Crippen molar-refractivity contribution in [3.8, 4) is 11.3 Å². The SMILES string of the molecule is CCNC(=O)c1nc(-c2cccnc2)cnc1C. The number of rotatable bonds is 3. The van der Waals surface area contributed by atoms with Gasteiger partial charge in [0.05, 0.1) is 17.6 Å². The van der Waals surface area contributed by atoms with Gasteiger partial charge in [0, 0.05) is 24.5 Å². The molecule has 0 saturated heterocycles. The highest BCUT2D eigenvalue weighted by Crippen LogP contribution is 2.15. The highest BCUT2D eigenvalue weighted by atomic mass is 16.1. The second-order valence-electron chi connectivity index (χ2n) is 3.79. The molecule has 2 heterocycles. The number of aryl methyl sites for hydroxylation is 1. The maximum atomic E-state index is 11.8. The van der Waals surface area contributed by atoms with E-state index in [4.69, 9.17) is 0 Å². The van der Waals surface area contributed by atoms with Crippen molar-refractivity contribution in [1.29, 1.82) is 0 Å². The van der Waals surface area contributed by atoms with Gasteiger partial charge in [0.1, 0.15) is 5.69 Å². The third-order valence-electron chi connectivity index (χ3n) is 2.47. The number of aromatic nitrogens is 3. The molecule has 0 atom stereocenters. The van der Waals surface area contributed by atoms with Crippen molar-refractivity contribution in [2.24, 2.45) is 0 Å². The predicted octanol–water partition coefficient (Wildman–Crippen LogP) is 1.60. The minimum atomic E-state index is -0.201. The fourth-order valence-corrected chi connectivity index (χ4v) is 1.56. The van der Waals surface area contributed by atoms with Crippen LogP contribution in [0.25, 0.3) is 11.3 Å². The standard InChI is InChI=1S/C13H14N4O/c1-3-15-13(18)12-9(2)16-8-11(17-12)10-5-4-6-14-7-10/h4-8H,3H2,1-2H3,(H,15,18). The lowest BCUT2D eigenvalue weighted by Gasteiger charge is -2.06. The summed E-state index contributed by atoms with van der Waals surface area (Å²) in [5.74, 6) is -0.201. The molecule has 0 bridgehead atoms. The predicted molar refractivity (Wildman–Crippen MR) is 68.0 cm³/mol. The zero-order chi connectivity index (χ0) is 13.0. The van der Waals surface area contributed by atoms with Crippen molar-refractivity contribution >= 4 is 5.91 Å². The Morgan fingerprint density at radius 1 is 1.39 bits per heavy atom. The van der Waals surface area contributed by atoms with E-state index in [2.05, 4.69) is 20.3 Å². The number of nitrogens with one attached hydrogen (secondary N) is 1. The Hall–Kier alpha value is -2.30. The zero-order valence-corrected chi connectivity index (χ0v) is 10.3. The molecule has 2 rings (SSSR count). The summed E-state index contributed by atoms with van der Waals surface area (Å²) < 4.78 is 0. The van der Waals surface area contributed by atoms with E-state index in [0.29, 0.717) is 23.6 Å². The Bertz CT molecular complexity index is 554. The smallest absolute Gasteiger partial charge is 0.271 e. The lowest BCUT2D eigenvalue weighted by Crippen LogP contribution is -2.25. The van der Waals surface area contributed by atoms with Crippen LogP contribution in [0.15, 0.2) is 30.7 Å². The van der Waals surface area contributed by atoms with E-state index in [1.165, 1.54) is 0 Å². The largest absolute Gasteiger partial charge is 0.351 e. The molecule has 0 aliphatic heterocycles. The maximum absolute atomic E-state index is 11.8. The Balaban J connectivity index is 2.41. The van der Waals surface area contributed by atoms with Gasteiger partial charge in [-0.3, -0.25) is 14.8 Å². The minimum Gasteiger partial charge on any atom is -0.351 e. The molecule has 92 valence electrons. The monoisotopic (exact) mass is 242 g/mol. The van der Waals surface area contributed by atoms with Crippen molar-refractivity contribution in [1.82, 2.24) is 20.3 Å². The van der Waals surface area contributed by atoms with E-state index in [0.717, 1.165) is 5.56 Å². The molecule has 0 unspecified atom stereocenters. The number of nitrogens with zero attached hydrogens (tertiary/aromatic N) is 3. The van der Waals surface area contributed by atoms with Gasteiger partial charge in [0.15, 0.2) is 0 Å². The number of carbonyl (C=O) groups excluding carboxylic acids is 1. The van der Waals surface area contributed by atoms with Crippen molar-refractivity contribution < 1.29 is 4.79 Å². The zero-order valence-electron chi connectivity index (χ0n) is 10.3. The molecule has 0 aliphatic carbocycles. The molecule has 5 nitrogen and oxygen atoms in total. The van der Waals surface area contributed by atoms with Crippen LogP contribution < -0.4 is 5.32 Å². The van der Waals surface area contributed by atoms with E-state index >= 15 is 0 Å². The topological polar surface area (TPSA) is 67.8 Å². The summed E-state index contributed by atoms with van der Waals surface area (Å²) in [5, 5.41) is 2.72. The third kappa shape index (κ3) is 2.51. The Kier molecular flexibility index (Phi) is 3.62. The number of amides is 1. The van der Waals surface area contributed by atoms with Gasteiger partial charge in [-0.2, -0.15) is 0 Å². The normalized spacial score (nSPS) is 10.1. The van der Waals surface area contributed by atoms with E-state index < -0.39 is 0 Å². The highest BCUT2D eigenvalue weighted by molar-refractivity contribution is 5.93. The lowest BCUT2D eigenvalue weighted by molar-refractivity contribution is 0.0950. The van der Waals surface area contributed by atoms with E-state index in [-0.39, 0.29) is 5.91 Å². The van der Waals surface area contributed by atoms with Crippen molar-refractivity contribution in [3.05, 3.63) is 42.1 Å². The molecule has 0 radical (unpaired) electrons. The summed E-state index contributed by atoms with van der Waals surface area (Å²) in [5.41, 5.74) is 2.47. The molecule has 1 amide bonds. The lowest BCUT2D eigenvalue weighted by atomic mass is 10.2. The number of hydrogen-bond acceptors (Lipinski definition) is 4. The molecule has 0 saturated carbocycles. The molecule has 18 heavy (non-hydrogen) atoms. The Morgan fingerprint density at radius 3 is 2.89 bits per heavy atom. The molecule has 2 aromatic rings. The first-order valence-electron chi connectivity index (χ1n) is 5.74. The quantitative estimate of drug-likeness (QED) is 0.887. The first-order chi connectivity index (χ1) is 8.72. The summed E-state index contributed by atoms with van der Waals surface area (Å²) >= 11 is 0. The van der Waals surface area contributed by atoms with Crippen molar-refractivity contribution in [2.45, 2.75) is 13.8 Å². The first-order valence-corrected chi connectivity index (χ1v) is 5.74. The van der Waals surface area contributed by atoms with Crippen LogP contribution in [-0.2, 0) is 0 Å². The Morgan fingerprint density at radius 2 is 2.22 bits per heavy atom. The van der Waals surface area contributed by atoms with Gasteiger partial charge in [-0.1, -0.05) is 0 Å². The number of hydrogen-bond donors (Lipinski definition) is 1. The molecule has 0 aromatic carbocycles. The van der Waals surface area contributed by atoms with Crippen LogP contribution in [-0.4, -0.2) is 27.4 Å². The second-order valence-corrected chi connectivity index (χ2v) is 3.79. The van der Waals surface area contributed by atoms with E-state index in [9.17, 15) is 4.79 Å². The summed E-state index contributed by atoms with van der Waals surface area (Å²) in [6.45, 7) is 4.20. The summed E-state index contributed by atoms with van der Waals surface area (Å²) in [6, 6.07) is 3.70. The van der Waals surface area contributed by atoms with E-state index in [1.54, 1.807) is 25.5 Å². The first kappa shape index (κ1) is 12.2. The van der Waals surface area contributed by atoms with Crippen LogP contribution in [0.1, 0.15) is 23.1 Å². The summed E-state index contributed by atoms with van der Waals surface area (Å²) in [4.78, 5) is 24.4. The molecule has 2 aromatic heterocycles. The van der Waals surface area contributed by atoms with Crippen LogP contribution in [0, 0.1) is 6.92 Å². The van der Waals surface area contributed by atoms with Crippen LogP contribution in [0.5, 0.6) is 0 Å². The van der Waals surface area contributed by atoms with Crippen molar-refractivity contribution in [3.63, 3.8) is 0 Å². The van der Waals surface area contributed by atoms with Crippen LogP contribution in [0.2, 0.25) is 0 Å². The van der Waals surface area contributed by atoms with E-state index in [1.807, 2.05) is 19.1 Å². The maximum Gasteiger partial charge on any atom is 0.271 e. The molecular formula is C13H14N4O. The van der Waals surface area contributed by atoms with Crippen LogP contribution >= 0.6 is 0 Å². The number of carbonyl (C=O) groups is 1. The van der Waals surface area contributed by atoms with Gasteiger partial charge >= 0.3 is 0 Å². The van der Waals surface area contributed by atoms with Gasteiger partial charge < -0.3 is 5.32 Å². The fourth-order valence-electron chi connectivity index (χ4n) is 1.56. The van der Waals surface area contributed by atoms with Gasteiger partial charge in [-0.15, -0.1) is 0 Å². The van der Waals surface area contributed by atoms with Crippen molar-refractivity contribution in [2.75, 3.05) is 6.54 Å². The van der Waals surface area contributed by atoms with Gasteiger partial charge in [0.2, 0.25) is 0 Å². The summed E-state index contributed by atoms with van der Waals surface area (Å²) in [7, 11) is 0. The fraction of sp³-hybridized carbons (Fsp3) is 0.231. The minimum absolute atomic E-state index is 0.201. The van der Waals surface area contributed by atoms with Gasteiger partial charge in [-0.05, 0) is 26.0 Å². The molecule has 0 fully saturated rings. The molecule has 0 spiro atoms. The third-order valence-corrected chi connectivity index (χ3v) is 2.47. The summed E-state index contributed by atoms with van der Waals surface area (Å²) in [6.07, 6.45) is 5.03. The average Bonchev–Trinajstić information content (AvgIpc) is 2.40. The second kappa shape index (κ2) is 5.35. The average molecular weight is 242 g/mol. The molecular weight excluding hydrogens is 228 g/mol. The Labute approximate surface area is 105 Å². The molecule has 1 N–H and O–H groups in total. The molecule has 0 aliphatic rings.